The van der Waals surface area contributed by atoms with Crippen molar-refractivity contribution >= 4 is 23.1 Å². The van der Waals surface area contributed by atoms with Gasteiger partial charge in [0.25, 0.3) is 0 Å². The number of phenolic OH excluding ortho intramolecular Hbond substituents is 2. The zero-order chi connectivity index (χ0) is 53.8. The zero-order valence-electron chi connectivity index (χ0n) is 45.5. The summed E-state index contributed by atoms with van der Waals surface area (Å²) in [5.41, 5.74) is 9.97. The first-order valence-corrected chi connectivity index (χ1v) is 25.2. The Morgan fingerprint density at radius 2 is 0.726 bits per heavy atom. The molecule has 8 nitrogen and oxygen atoms in total. The highest BCUT2D eigenvalue weighted by Crippen LogP contribution is 2.42. The lowest BCUT2D eigenvalue weighted by Crippen LogP contribution is -2.17. The molecule has 0 spiro atoms. The summed E-state index contributed by atoms with van der Waals surface area (Å²) in [5.74, 6) is 0.104. The monoisotopic (exact) mass is 985 g/mol. The Labute approximate surface area is 434 Å². The lowest BCUT2D eigenvalue weighted by molar-refractivity contribution is -0.117. The van der Waals surface area contributed by atoms with Crippen LogP contribution in [0.3, 0.4) is 0 Å². The molecular weight excluding hydrogens is 909 g/mol. The van der Waals surface area contributed by atoms with Crippen LogP contribution in [0.4, 0.5) is 0 Å². The molecule has 0 saturated heterocycles. The smallest absolute Gasteiger partial charge is 0.196 e. The van der Waals surface area contributed by atoms with Crippen LogP contribution in [0.1, 0.15) is 161 Å². The lowest BCUT2D eigenvalue weighted by atomic mass is 9.80. The first-order valence-electron chi connectivity index (χ1n) is 25.2. The summed E-state index contributed by atoms with van der Waals surface area (Å²) < 4.78 is 13.0. The first kappa shape index (κ1) is 55.3. The molecule has 4 N–H and O–H groups in total. The molecule has 0 aliphatic rings. The number of aliphatic hydroxyl groups is 2. The highest BCUT2D eigenvalue weighted by molar-refractivity contribution is 5.97. The fourth-order valence-corrected chi connectivity index (χ4v) is 8.81. The summed E-state index contributed by atoms with van der Waals surface area (Å²) in [6.45, 7) is 28.8. The van der Waals surface area contributed by atoms with Crippen LogP contribution in [0, 0.1) is 13.8 Å². The van der Waals surface area contributed by atoms with E-state index in [0.717, 1.165) is 55.6 Å². The van der Waals surface area contributed by atoms with Gasteiger partial charge in [-0.25, -0.2) is 0 Å². The SMILES string of the molecule is Cc1cc(C(C)(C)C)cc(Cc2cc(C(C)(C)C)cc(Cc3cc(C(C)(C)C)cc(Cc4cc(C(C)(C)C)cc(C)c4OCC(=O)/C=C(\O)c4ccccc4)c3O)c2OCC(=O)/C=C(\O)c2ccccc2)c1O. The third kappa shape index (κ3) is 14.1. The maximum atomic E-state index is 13.7. The first-order chi connectivity index (χ1) is 34.0. The number of aliphatic hydroxyl groups excluding tert-OH is 2. The quantitative estimate of drug-likeness (QED) is 0.0557. The summed E-state index contributed by atoms with van der Waals surface area (Å²) in [5, 5.41) is 45.9. The van der Waals surface area contributed by atoms with E-state index in [4.69, 9.17) is 9.47 Å². The minimum atomic E-state index is -0.442. The summed E-state index contributed by atoms with van der Waals surface area (Å²) in [6, 6.07) is 34.2. The molecule has 0 unspecified atom stereocenters. The van der Waals surface area contributed by atoms with Crippen LogP contribution in [0.5, 0.6) is 23.0 Å². The van der Waals surface area contributed by atoms with Crippen molar-refractivity contribution in [2.24, 2.45) is 0 Å². The number of carbonyl (C=O) groups excluding carboxylic acids is 2. The van der Waals surface area contributed by atoms with Gasteiger partial charge < -0.3 is 29.9 Å². The Bertz CT molecular complexity index is 3040. The number of aryl methyl sites for hydroxylation is 2. The van der Waals surface area contributed by atoms with E-state index in [0.29, 0.717) is 33.8 Å². The van der Waals surface area contributed by atoms with Crippen molar-refractivity contribution < 1.29 is 39.5 Å². The molecule has 0 aliphatic heterocycles. The number of ether oxygens (including phenoxy) is 2. The van der Waals surface area contributed by atoms with Crippen molar-refractivity contribution in [3.63, 3.8) is 0 Å². The number of hydrogen-bond acceptors (Lipinski definition) is 8. The summed E-state index contributed by atoms with van der Waals surface area (Å²) in [7, 11) is 0. The average Bonchev–Trinajstić information content (AvgIpc) is 3.30. The van der Waals surface area contributed by atoms with Crippen LogP contribution in [-0.2, 0) is 50.5 Å². The van der Waals surface area contributed by atoms with Gasteiger partial charge in [-0.3, -0.25) is 9.59 Å². The van der Waals surface area contributed by atoms with E-state index >= 15 is 0 Å². The number of rotatable bonds is 16. The molecule has 0 fully saturated rings. The Hall–Kier alpha value is -7.06. The highest BCUT2D eigenvalue weighted by Gasteiger charge is 2.27. The molecule has 0 heterocycles. The second kappa shape index (κ2) is 22.0. The maximum Gasteiger partial charge on any atom is 0.196 e. The van der Waals surface area contributed by atoms with E-state index in [1.54, 1.807) is 48.5 Å². The molecule has 0 atom stereocenters. The molecule has 0 amide bonds. The van der Waals surface area contributed by atoms with Crippen LogP contribution < -0.4 is 9.47 Å². The molecular formula is C65H76O8. The van der Waals surface area contributed by atoms with E-state index in [1.807, 2.05) is 50.2 Å². The van der Waals surface area contributed by atoms with Gasteiger partial charge in [0, 0.05) is 42.5 Å². The molecule has 0 radical (unpaired) electrons. The van der Waals surface area contributed by atoms with E-state index in [2.05, 4.69) is 107 Å². The van der Waals surface area contributed by atoms with Crippen LogP contribution >= 0.6 is 0 Å². The fourth-order valence-electron chi connectivity index (χ4n) is 8.81. The van der Waals surface area contributed by atoms with Crippen molar-refractivity contribution in [2.75, 3.05) is 13.2 Å². The minimum absolute atomic E-state index is 0.0937. The highest BCUT2D eigenvalue weighted by atomic mass is 16.5. The van der Waals surface area contributed by atoms with Gasteiger partial charge in [-0.1, -0.05) is 192 Å². The Kier molecular flexibility index (Phi) is 16.6. The number of ketones is 2. The third-order valence-electron chi connectivity index (χ3n) is 13.3. The van der Waals surface area contributed by atoms with Crippen LogP contribution in [0.2, 0.25) is 0 Å². The maximum absolute atomic E-state index is 13.7. The topological polar surface area (TPSA) is 134 Å². The predicted octanol–water partition coefficient (Wildman–Crippen LogP) is 14.8. The van der Waals surface area contributed by atoms with Crippen molar-refractivity contribution in [1.82, 2.24) is 0 Å². The second-order valence-electron chi connectivity index (χ2n) is 23.7. The van der Waals surface area contributed by atoms with Crippen molar-refractivity contribution in [1.29, 1.82) is 0 Å². The van der Waals surface area contributed by atoms with Gasteiger partial charge in [-0.05, 0) is 102 Å². The Balaban J connectivity index is 1.50. The molecule has 0 aliphatic carbocycles. The van der Waals surface area contributed by atoms with Gasteiger partial charge in [0.2, 0.25) is 0 Å². The molecule has 73 heavy (non-hydrogen) atoms. The molecule has 6 aromatic carbocycles. The summed E-state index contributed by atoms with van der Waals surface area (Å²) in [4.78, 5) is 27.0. The summed E-state index contributed by atoms with van der Waals surface area (Å²) in [6.07, 6.45) is 3.15. The number of phenols is 2. The summed E-state index contributed by atoms with van der Waals surface area (Å²) >= 11 is 0. The van der Waals surface area contributed by atoms with Crippen molar-refractivity contribution in [2.45, 2.75) is 138 Å². The van der Waals surface area contributed by atoms with Gasteiger partial charge >= 0.3 is 0 Å². The van der Waals surface area contributed by atoms with Gasteiger partial charge in [0.05, 0.1) is 0 Å². The fraction of sp³-hybridized carbons (Fsp3) is 0.354. The Morgan fingerprint density at radius 1 is 0.425 bits per heavy atom. The van der Waals surface area contributed by atoms with E-state index in [9.17, 15) is 30.0 Å². The standard InChI is InChI=1S/C65H76O8/c1-40-25-50(62(3,4)5)30-44(58(40)70)27-48-34-53(65(12,13)14)35-49(61(48)73-39-55(67)37-57(69)43-23-19-16-20-24-43)29-46-32-52(64(9,10)11)31-45(59(46)71)28-47-33-51(63(6,7)8)26-41(2)60(47)72-38-54(66)36-56(68)42-21-17-15-18-22-42/h15-26,30-37,68-71H,27-29,38-39H2,1-14H3/b56-36-,57-37-. The van der Waals surface area contributed by atoms with Gasteiger partial charge in [-0.15, -0.1) is 0 Å². The van der Waals surface area contributed by atoms with Crippen molar-refractivity contribution in [3.05, 3.63) is 199 Å². The molecule has 0 saturated carbocycles. The van der Waals surface area contributed by atoms with Crippen LogP contribution in [0.15, 0.2) is 121 Å². The zero-order valence-corrected chi connectivity index (χ0v) is 45.5. The van der Waals surface area contributed by atoms with Crippen LogP contribution in [-0.4, -0.2) is 45.2 Å². The minimum Gasteiger partial charge on any atom is -0.507 e. The molecule has 6 rings (SSSR count). The average molecular weight is 985 g/mol. The van der Waals surface area contributed by atoms with E-state index in [1.165, 1.54) is 12.2 Å². The van der Waals surface area contributed by atoms with E-state index in [-0.39, 0.29) is 77.2 Å². The molecule has 0 bridgehead atoms. The van der Waals surface area contributed by atoms with Crippen LogP contribution in [0.25, 0.3) is 11.5 Å². The normalized spacial score (nSPS) is 12.7. The molecule has 6 aromatic rings. The second-order valence-corrected chi connectivity index (χ2v) is 23.7. The number of carbonyl (C=O) groups is 2. The molecule has 0 aromatic heterocycles. The number of benzene rings is 6. The molecule has 384 valence electrons. The largest absolute Gasteiger partial charge is 0.507 e. The number of hydrogen-bond donors (Lipinski definition) is 4. The van der Waals surface area contributed by atoms with Gasteiger partial charge in [-0.2, -0.15) is 0 Å². The molecule has 8 heteroatoms. The predicted molar refractivity (Wildman–Crippen MR) is 297 cm³/mol. The Morgan fingerprint density at radius 3 is 1.10 bits per heavy atom. The van der Waals surface area contributed by atoms with Gasteiger partial charge in [0.15, 0.2) is 24.8 Å². The third-order valence-corrected chi connectivity index (χ3v) is 13.3. The van der Waals surface area contributed by atoms with E-state index < -0.39 is 11.6 Å². The van der Waals surface area contributed by atoms with Crippen molar-refractivity contribution in [3.8, 4) is 23.0 Å². The lowest BCUT2D eigenvalue weighted by Gasteiger charge is -2.27. The number of aromatic hydroxyl groups is 2. The van der Waals surface area contributed by atoms with Gasteiger partial charge in [0.1, 0.15) is 34.5 Å².